The summed E-state index contributed by atoms with van der Waals surface area (Å²) in [4.78, 5) is 24.6. The summed E-state index contributed by atoms with van der Waals surface area (Å²) in [6, 6.07) is 13.7. The summed E-state index contributed by atoms with van der Waals surface area (Å²) in [7, 11) is 0. The maximum Gasteiger partial charge on any atom is 0.240 e. The molecule has 3 rings (SSSR count). The van der Waals surface area contributed by atoms with Crippen molar-refractivity contribution >= 4 is 29.3 Å². The predicted molar refractivity (Wildman–Crippen MR) is 114 cm³/mol. The molecular formula is C21H26N4O2S. The van der Waals surface area contributed by atoms with Crippen LogP contribution in [0.25, 0.3) is 0 Å². The summed E-state index contributed by atoms with van der Waals surface area (Å²) in [5, 5.41) is 5.81. The minimum absolute atomic E-state index is 0.0773. The van der Waals surface area contributed by atoms with Crippen LogP contribution in [0, 0.1) is 20.8 Å². The molecular weight excluding hydrogens is 372 g/mol. The van der Waals surface area contributed by atoms with Crippen molar-refractivity contribution < 1.29 is 9.59 Å². The van der Waals surface area contributed by atoms with Gasteiger partial charge in [-0.15, -0.1) is 11.8 Å². The van der Waals surface area contributed by atoms with Crippen molar-refractivity contribution in [2.24, 2.45) is 0 Å². The Morgan fingerprint density at radius 2 is 1.68 bits per heavy atom. The van der Waals surface area contributed by atoms with E-state index in [2.05, 4.69) is 27.6 Å². The first-order valence-corrected chi connectivity index (χ1v) is 10.3. The van der Waals surface area contributed by atoms with E-state index in [-0.39, 0.29) is 29.1 Å². The number of amides is 2. The van der Waals surface area contributed by atoms with Crippen molar-refractivity contribution in [2.75, 3.05) is 11.1 Å². The number of hydrogen-bond acceptors (Lipinski definition) is 5. The SMILES string of the molecule is Cc1ccc(CC2NNC(SCC(=O)Nc3cc(C)cc(C)c3)NC2=O)cc1. The number of carbonyl (C=O) groups excluding carboxylic acids is 2. The molecule has 2 amide bonds. The number of benzene rings is 2. The number of hydrogen-bond donors (Lipinski definition) is 4. The molecule has 28 heavy (non-hydrogen) atoms. The standard InChI is InChI=1S/C21H26N4O2S/c1-13-4-6-16(7-5-13)11-18-20(27)23-21(25-24-18)28-12-19(26)22-17-9-14(2)8-15(3)10-17/h4-10,18,21,24-25H,11-12H2,1-3H3,(H,22,26)(H,23,27). The molecule has 1 aliphatic rings. The Morgan fingerprint density at radius 3 is 2.32 bits per heavy atom. The van der Waals surface area contributed by atoms with Crippen molar-refractivity contribution in [3.8, 4) is 0 Å². The quantitative estimate of drug-likeness (QED) is 0.601. The Bertz CT molecular complexity index is 834. The van der Waals surface area contributed by atoms with Gasteiger partial charge in [-0.2, -0.15) is 0 Å². The van der Waals surface area contributed by atoms with Crippen molar-refractivity contribution in [1.29, 1.82) is 0 Å². The van der Waals surface area contributed by atoms with Crippen LogP contribution in [0.3, 0.4) is 0 Å². The second kappa shape index (κ2) is 9.23. The highest BCUT2D eigenvalue weighted by Gasteiger charge is 2.27. The average molecular weight is 399 g/mol. The number of aryl methyl sites for hydroxylation is 3. The number of hydrazine groups is 1. The van der Waals surface area contributed by atoms with E-state index in [9.17, 15) is 9.59 Å². The van der Waals surface area contributed by atoms with Gasteiger partial charge in [-0.1, -0.05) is 35.9 Å². The van der Waals surface area contributed by atoms with Gasteiger partial charge in [0.2, 0.25) is 11.8 Å². The van der Waals surface area contributed by atoms with Crippen LogP contribution < -0.4 is 21.5 Å². The molecule has 1 aliphatic heterocycles. The van der Waals surface area contributed by atoms with Crippen LogP contribution in [0.4, 0.5) is 5.69 Å². The number of carbonyl (C=O) groups is 2. The molecule has 6 nitrogen and oxygen atoms in total. The molecule has 0 saturated carbocycles. The fraction of sp³-hybridized carbons (Fsp3) is 0.333. The molecule has 4 N–H and O–H groups in total. The lowest BCUT2D eigenvalue weighted by atomic mass is 10.0. The van der Waals surface area contributed by atoms with Crippen LogP contribution in [-0.4, -0.2) is 29.1 Å². The Morgan fingerprint density at radius 1 is 1.00 bits per heavy atom. The average Bonchev–Trinajstić information content (AvgIpc) is 2.63. The molecule has 2 unspecified atom stereocenters. The Kier molecular flexibility index (Phi) is 6.72. The minimum Gasteiger partial charge on any atom is -0.329 e. The predicted octanol–water partition coefficient (Wildman–Crippen LogP) is 2.40. The molecule has 1 fully saturated rings. The van der Waals surface area contributed by atoms with Gasteiger partial charge in [-0.25, -0.2) is 10.9 Å². The number of anilines is 1. The largest absolute Gasteiger partial charge is 0.329 e. The van der Waals surface area contributed by atoms with Crippen LogP contribution in [0.1, 0.15) is 22.3 Å². The number of thioether (sulfide) groups is 1. The van der Waals surface area contributed by atoms with E-state index >= 15 is 0 Å². The third-order valence-corrected chi connectivity index (χ3v) is 5.42. The first kappa shape index (κ1) is 20.4. The van der Waals surface area contributed by atoms with Crippen molar-refractivity contribution in [3.63, 3.8) is 0 Å². The maximum absolute atomic E-state index is 12.4. The highest BCUT2D eigenvalue weighted by atomic mass is 32.2. The molecule has 1 heterocycles. The van der Waals surface area contributed by atoms with Gasteiger partial charge in [0, 0.05) is 5.69 Å². The molecule has 2 aromatic carbocycles. The number of rotatable bonds is 6. The molecule has 1 saturated heterocycles. The lowest BCUT2D eigenvalue weighted by Crippen LogP contribution is -2.64. The summed E-state index contributed by atoms with van der Waals surface area (Å²) in [5.41, 5.74) is 11.1. The van der Waals surface area contributed by atoms with Crippen LogP contribution in [0.15, 0.2) is 42.5 Å². The zero-order chi connectivity index (χ0) is 20.1. The van der Waals surface area contributed by atoms with E-state index in [1.54, 1.807) is 0 Å². The normalized spacial score (nSPS) is 19.2. The first-order valence-electron chi connectivity index (χ1n) is 9.26. The summed E-state index contributed by atoms with van der Waals surface area (Å²) >= 11 is 1.33. The smallest absolute Gasteiger partial charge is 0.240 e. The van der Waals surface area contributed by atoms with Gasteiger partial charge in [-0.05, 0) is 56.0 Å². The molecule has 0 radical (unpaired) electrons. The highest BCUT2D eigenvalue weighted by molar-refractivity contribution is 8.00. The van der Waals surface area contributed by atoms with Gasteiger partial charge in [0.1, 0.15) is 11.5 Å². The fourth-order valence-corrected chi connectivity index (χ4v) is 3.84. The molecule has 2 atom stereocenters. The van der Waals surface area contributed by atoms with Crippen LogP contribution in [0.5, 0.6) is 0 Å². The van der Waals surface area contributed by atoms with E-state index in [0.717, 1.165) is 22.4 Å². The van der Waals surface area contributed by atoms with Gasteiger partial charge in [-0.3, -0.25) is 9.59 Å². The molecule has 0 aromatic heterocycles. The highest BCUT2D eigenvalue weighted by Crippen LogP contribution is 2.15. The van der Waals surface area contributed by atoms with Crippen LogP contribution >= 0.6 is 11.8 Å². The van der Waals surface area contributed by atoms with Crippen molar-refractivity contribution in [2.45, 2.75) is 38.7 Å². The minimum atomic E-state index is -0.355. The zero-order valence-electron chi connectivity index (χ0n) is 16.3. The Hall–Kier alpha value is -2.35. The third-order valence-electron chi connectivity index (χ3n) is 4.43. The monoisotopic (exact) mass is 398 g/mol. The van der Waals surface area contributed by atoms with E-state index < -0.39 is 0 Å². The molecule has 2 aromatic rings. The van der Waals surface area contributed by atoms with Gasteiger partial charge in [0.15, 0.2) is 0 Å². The second-order valence-corrected chi connectivity index (χ2v) is 8.25. The van der Waals surface area contributed by atoms with Gasteiger partial charge in [0.25, 0.3) is 0 Å². The van der Waals surface area contributed by atoms with Crippen LogP contribution in [-0.2, 0) is 16.0 Å². The Balaban J connectivity index is 1.44. The summed E-state index contributed by atoms with van der Waals surface area (Å²) < 4.78 is 0. The first-order chi connectivity index (χ1) is 13.4. The van der Waals surface area contributed by atoms with Gasteiger partial charge >= 0.3 is 0 Å². The molecule has 0 spiro atoms. The fourth-order valence-electron chi connectivity index (χ4n) is 3.10. The van der Waals surface area contributed by atoms with E-state index in [1.165, 1.54) is 17.3 Å². The van der Waals surface area contributed by atoms with Crippen molar-refractivity contribution in [3.05, 3.63) is 64.7 Å². The lowest BCUT2D eigenvalue weighted by molar-refractivity contribution is -0.125. The Labute approximate surface area is 169 Å². The lowest BCUT2D eigenvalue weighted by Gasteiger charge is -2.31. The van der Waals surface area contributed by atoms with E-state index in [4.69, 9.17) is 0 Å². The summed E-state index contributed by atoms with van der Waals surface area (Å²) in [6.07, 6.45) is 0.601. The van der Waals surface area contributed by atoms with E-state index in [1.807, 2.05) is 57.2 Å². The third kappa shape index (κ3) is 5.82. The summed E-state index contributed by atoms with van der Waals surface area (Å²) in [6.45, 7) is 6.03. The number of nitrogens with one attached hydrogen (secondary N) is 4. The summed E-state index contributed by atoms with van der Waals surface area (Å²) in [5.74, 6) is 0.0503. The van der Waals surface area contributed by atoms with E-state index in [0.29, 0.717) is 6.42 Å². The molecule has 148 valence electrons. The second-order valence-electron chi connectivity index (χ2n) is 7.16. The van der Waals surface area contributed by atoms with Gasteiger partial charge in [0.05, 0.1) is 5.75 Å². The van der Waals surface area contributed by atoms with Gasteiger partial charge < -0.3 is 10.6 Å². The molecule has 0 aliphatic carbocycles. The topological polar surface area (TPSA) is 82.3 Å². The van der Waals surface area contributed by atoms with Crippen LogP contribution in [0.2, 0.25) is 0 Å². The van der Waals surface area contributed by atoms with Crippen molar-refractivity contribution in [1.82, 2.24) is 16.2 Å². The molecule has 7 heteroatoms. The molecule has 0 bridgehead atoms. The maximum atomic E-state index is 12.4. The zero-order valence-corrected chi connectivity index (χ0v) is 17.2.